The smallest absolute Gasteiger partial charge is 0.213 e. The number of rotatable bonds is 3. The number of aldehydes is 1. The van der Waals surface area contributed by atoms with Crippen molar-refractivity contribution in [2.75, 3.05) is 7.11 Å². The lowest BCUT2D eigenvalue weighted by Crippen LogP contribution is -1.97. The molecule has 0 aliphatic rings. The van der Waals surface area contributed by atoms with Crippen molar-refractivity contribution in [3.05, 3.63) is 23.4 Å². The number of carbonyl (C=O) groups is 1. The van der Waals surface area contributed by atoms with Gasteiger partial charge >= 0.3 is 0 Å². The Morgan fingerprint density at radius 3 is 2.83 bits per heavy atom. The van der Waals surface area contributed by atoms with E-state index in [0.717, 1.165) is 18.4 Å². The summed E-state index contributed by atoms with van der Waals surface area (Å²) >= 11 is 0. The Bertz CT molecular complexity index is 284. The van der Waals surface area contributed by atoms with E-state index in [0.29, 0.717) is 11.4 Å². The first-order valence-corrected chi connectivity index (χ1v) is 3.81. The molecule has 0 N–H and O–H groups in total. The highest BCUT2D eigenvalue weighted by molar-refractivity contribution is 5.76. The van der Waals surface area contributed by atoms with Gasteiger partial charge in [-0.3, -0.25) is 4.79 Å². The lowest BCUT2D eigenvalue weighted by molar-refractivity contribution is 0.112. The van der Waals surface area contributed by atoms with E-state index in [1.165, 1.54) is 0 Å². The molecule has 64 valence electrons. The van der Waals surface area contributed by atoms with E-state index >= 15 is 0 Å². The summed E-state index contributed by atoms with van der Waals surface area (Å²) in [6, 6.07) is 3.40. The van der Waals surface area contributed by atoms with Gasteiger partial charge in [0.05, 0.1) is 12.8 Å². The minimum absolute atomic E-state index is 0.553. The summed E-state index contributed by atoms with van der Waals surface area (Å²) in [4.78, 5) is 14.6. The summed E-state index contributed by atoms with van der Waals surface area (Å²) < 4.78 is 4.93. The second kappa shape index (κ2) is 3.85. The number of ether oxygens (including phenoxy) is 1. The van der Waals surface area contributed by atoms with Crippen molar-refractivity contribution < 1.29 is 9.53 Å². The fourth-order valence-electron chi connectivity index (χ4n) is 0.996. The van der Waals surface area contributed by atoms with Crippen LogP contribution in [-0.4, -0.2) is 18.4 Å². The monoisotopic (exact) mass is 165 g/mol. The summed E-state index contributed by atoms with van der Waals surface area (Å²) in [7, 11) is 1.56. The largest absolute Gasteiger partial charge is 0.481 e. The second-order valence-corrected chi connectivity index (χ2v) is 2.36. The average molecular weight is 165 g/mol. The Hall–Kier alpha value is -1.38. The molecule has 3 nitrogen and oxygen atoms in total. The highest BCUT2D eigenvalue weighted by Crippen LogP contribution is 2.11. The number of hydrogen-bond acceptors (Lipinski definition) is 3. The van der Waals surface area contributed by atoms with Crippen LogP contribution in [0.25, 0.3) is 0 Å². The number of carbonyl (C=O) groups excluding carboxylic acids is 1. The maximum Gasteiger partial charge on any atom is 0.213 e. The zero-order valence-corrected chi connectivity index (χ0v) is 7.20. The van der Waals surface area contributed by atoms with E-state index in [1.54, 1.807) is 19.2 Å². The van der Waals surface area contributed by atoms with Crippen molar-refractivity contribution in [1.29, 1.82) is 0 Å². The van der Waals surface area contributed by atoms with E-state index in [-0.39, 0.29) is 0 Å². The lowest BCUT2D eigenvalue weighted by atomic mass is 10.2. The molecule has 1 heterocycles. The molecule has 12 heavy (non-hydrogen) atoms. The molecule has 0 radical (unpaired) electrons. The van der Waals surface area contributed by atoms with Gasteiger partial charge in [-0.1, -0.05) is 6.92 Å². The fraction of sp³-hybridized carbons (Fsp3) is 0.333. The van der Waals surface area contributed by atoms with Crippen LogP contribution < -0.4 is 4.74 Å². The van der Waals surface area contributed by atoms with Crippen molar-refractivity contribution in [2.24, 2.45) is 0 Å². The molecule has 0 aliphatic carbocycles. The summed E-state index contributed by atoms with van der Waals surface area (Å²) in [5, 5.41) is 0. The number of hydrogen-bond donors (Lipinski definition) is 0. The molecule has 1 aromatic heterocycles. The maximum atomic E-state index is 10.5. The molecule has 0 fully saturated rings. The summed E-state index contributed by atoms with van der Waals surface area (Å²) in [6.45, 7) is 1.95. The van der Waals surface area contributed by atoms with Gasteiger partial charge in [-0.05, 0) is 12.5 Å². The van der Waals surface area contributed by atoms with E-state index in [1.807, 2.05) is 6.92 Å². The predicted octanol–water partition coefficient (Wildman–Crippen LogP) is 1.47. The topological polar surface area (TPSA) is 39.2 Å². The zero-order chi connectivity index (χ0) is 8.97. The van der Waals surface area contributed by atoms with Gasteiger partial charge < -0.3 is 4.74 Å². The minimum atomic E-state index is 0.553. The number of methoxy groups -OCH3 is 1. The van der Waals surface area contributed by atoms with Crippen LogP contribution in [0.5, 0.6) is 5.88 Å². The summed E-state index contributed by atoms with van der Waals surface area (Å²) in [5.41, 5.74) is 1.42. The molecular weight excluding hydrogens is 154 g/mol. The second-order valence-electron chi connectivity index (χ2n) is 2.36. The molecule has 1 aromatic rings. The van der Waals surface area contributed by atoms with Gasteiger partial charge in [0.25, 0.3) is 0 Å². The highest BCUT2D eigenvalue weighted by atomic mass is 16.5. The molecule has 3 heteroatoms. The number of aromatic nitrogens is 1. The minimum Gasteiger partial charge on any atom is -0.481 e. The molecular formula is C9H11NO2. The van der Waals surface area contributed by atoms with E-state index in [9.17, 15) is 4.79 Å². The summed E-state index contributed by atoms with van der Waals surface area (Å²) in [6.07, 6.45) is 1.55. The van der Waals surface area contributed by atoms with E-state index in [2.05, 4.69) is 4.98 Å². The van der Waals surface area contributed by atoms with Gasteiger partial charge in [-0.15, -0.1) is 0 Å². The van der Waals surface area contributed by atoms with Gasteiger partial charge in [0.1, 0.15) is 0 Å². The first kappa shape index (κ1) is 8.71. The Balaban J connectivity index is 3.10. The predicted molar refractivity (Wildman–Crippen MR) is 45.6 cm³/mol. The third-order valence-electron chi connectivity index (χ3n) is 1.65. The van der Waals surface area contributed by atoms with E-state index in [4.69, 9.17) is 4.74 Å². The molecule has 0 aliphatic heterocycles. The number of pyridine rings is 1. The van der Waals surface area contributed by atoms with Gasteiger partial charge in [-0.25, -0.2) is 4.98 Å². The Morgan fingerprint density at radius 2 is 2.33 bits per heavy atom. The van der Waals surface area contributed by atoms with Crippen LogP contribution in [-0.2, 0) is 6.42 Å². The van der Waals surface area contributed by atoms with Gasteiger partial charge in [0, 0.05) is 11.6 Å². The Labute approximate surface area is 71.4 Å². The van der Waals surface area contributed by atoms with E-state index < -0.39 is 0 Å². The van der Waals surface area contributed by atoms with Crippen molar-refractivity contribution in [3.63, 3.8) is 0 Å². The maximum absolute atomic E-state index is 10.5. The molecule has 0 aromatic carbocycles. The first-order valence-electron chi connectivity index (χ1n) is 3.81. The van der Waals surface area contributed by atoms with Crippen molar-refractivity contribution >= 4 is 6.29 Å². The molecule has 0 saturated heterocycles. The molecule has 0 spiro atoms. The van der Waals surface area contributed by atoms with Crippen LogP contribution in [0.4, 0.5) is 0 Å². The first-order chi connectivity index (χ1) is 5.81. The molecule has 0 amide bonds. The summed E-state index contributed by atoms with van der Waals surface area (Å²) in [5.74, 6) is 0.553. The zero-order valence-electron chi connectivity index (χ0n) is 7.20. The molecule has 1 rings (SSSR count). The van der Waals surface area contributed by atoms with Crippen LogP contribution in [0.3, 0.4) is 0 Å². The third kappa shape index (κ3) is 1.61. The average Bonchev–Trinajstić information content (AvgIpc) is 2.16. The van der Waals surface area contributed by atoms with Crippen molar-refractivity contribution in [1.82, 2.24) is 4.98 Å². The Morgan fingerprint density at radius 1 is 1.58 bits per heavy atom. The SMILES string of the molecule is CCc1nc(OC)ccc1C=O. The molecule has 0 bridgehead atoms. The van der Waals surface area contributed by atoms with Crippen molar-refractivity contribution in [3.8, 4) is 5.88 Å². The fourth-order valence-corrected chi connectivity index (χ4v) is 0.996. The van der Waals surface area contributed by atoms with Crippen molar-refractivity contribution in [2.45, 2.75) is 13.3 Å². The van der Waals surface area contributed by atoms with Crippen LogP contribution in [0, 0.1) is 0 Å². The molecule has 0 atom stereocenters. The third-order valence-corrected chi connectivity index (χ3v) is 1.65. The van der Waals surface area contributed by atoms with Crippen LogP contribution in [0.15, 0.2) is 12.1 Å². The lowest BCUT2D eigenvalue weighted by Gasteiger charge is -2.02. The van der Waals surface area contributed by atoms with Crippen LogP contribution in [0.1, 0.15) is 23.0 Å². The standard InChI is InChI=1S/C9H11NO2/c1-3-8-7(6-11)4-5-9(10-8)12-2/h4-6H,3H2,1-2H3. The van der Waals surface area contributed by atoms with Gasteiger partial charge in [0.15, 0.2) is 6.29 Å². The van der Waals surface area contributed by atoms with Gasteiger partial charge in [-0.2, -0.15) is 0 Å². The number of aryl methyl sites for hydroxylation is 1. The quantitative estimate of drug-likeness (QED) is 0.636. The number of nitrogens with zero attached hydrogens (tertiary/aromatic N) is 1. The van der Waals surface area contributed by atoms with Crippen LogP contribution in [0.2, 0.25) is 0 Å². The molecule has 0 saturated carbocycles. The van der Waals surface area contributed by atoms with Gasteiger partial charge in [0.2, 0.25) is 5.88 Å². The normalized spacial score (nSPS) is 9.50. The van der Waals surface area contributed by atoms with Crippen LogP contribution >= 0.6 is 0 Å². The highest BCUT2D eigenvalue weighted by Gasteiger charge is 2.02. The Kier molecular flexibility index (Phi) is 2.80. The molecule has 0 unspecified atom stereocenters.